The predicted octanol–water partition coefficient (Wildman–Crippen LogP) is 4.57. The molecule has 0 aliphatic rings. The van der Waals surface area contributed by atoms with Crippen LogP contribution in [0, 0.1) is 0 Å². The van der Waals surface area contributed by atoms with Crippen LogP contribution in [0.3, 0.4) is 0 Å². The summed E-state index contributed by atoms with van der Waals surface area (Å²) < 4.78 is 7.21. The first-order valence-electron chi connectivity index (χ1n) is 9.55. The smallest absolute Gasteiger partial charge is 0.276 e. The van der Waals surface area contributed by atoms with Gasteiger partial charge in [-0.25, -0.2) is 0 Å². The van der Waals surface area contributed by atoms with Gasteiger partial charge in [-0.2, -0.15) is 5.10 Å². The predicted molar refractivity (Wildman–Crippen MR) is 121 cm³/mol. The first-order valence-corrected chi connectivity index (χ1v) is 10.4. The quantitative estimate of drug-likeness (QED) is 0.448. The van der Waals surface area contributed by atoms with Gasteiger partial charge in [-0.1, -0.05) is 36.4 Å². The maximum Gasteiger partial charge on any atom is 0.276 e. The van der Waals surface area contributed by atoms with E-state index in [9.17, 15) is 9.59 Å². The maximum atomic E-state index is 12.6. The van der Waals surface area contributed by atoms with E-state index in [0.29, 0.717) is 28.7 Å². The highest BCUT2D eigenvalue weighted by atomic mass is 32.1. The maximum absolute atomic E-state index is 12.6. The third-order valence-electron chi connectivity index (χ3n) is 4.46. The van der Waals surface area contributed by atoms with Crippen molar-refractivity contribution in [1.82, 2.24) is 9.78 Å². The van der Waals surface area contributed by atoms with Crippen molar-refractivity contribution in [3.8, 4) is 5.75 Å². The Balaban J connectivity index is 1.35. The highest BCUT2D eigenvalue weighted by Crippen LogP contribution is 2.19. The molecule has 2 heterocycles. The number of aromatic nitrogens is 2. The molecule has 2 N–H and O–H groups in total. The van der Waals surface area contributed by atoms with E-state index in [-0.39, 0.29) is 17.5 Å². The molecule has 4 rings (SSSR count). The molecule has 2 aromatic carbocycles. The number of amides is 2. The molecule has 0 bridgehead atoms. The zero-order chi connectivity index (χ0) is 21.6. The van der Waals surface area contributed by atoms with E-state index in [1.54, 1.807) is 43.4 Å². The highest BCUT2D eigenvalue weighted by molar-refractivity contribution is 7.12. The molecule has 0 aliphatic heterocycles. The summed E-state index contributed by atoms with van der Waals surface area (Å²) in [6.45, 7) is 0.473. The number of nitrogens with one attached hydrogen (secondary N) is 2. The topological polar surface area (TPSA) is 85.2 Å². The minimum Gasteiger partial charge on any atom is -0.489 e. The highest BCUT2D eigenvalue weighted by Gasteiger charge is 2.16. The van der Waals surface area contributed by atoms with Gasteiger partial charge in [0.2, 0.25) is 0 Å². The SMILES string of the molecule is Cn1nc(C(=O)Nc2ccc(OCc3ccccc3)cc2)cc1NC(=O)c1cccs1. The molecule has 31 heavy (non-hydrogen) atoms. The standard InChI is InChI=1S/C23H20N4O3S/c1-27-21(25-23(29)20-8-5-13-31-20)14-19(26-27)22(28)24-17-9-11-18(12-10-17)30-15-16-6-3-2-4-7-16/h2-14H,15H2,1H3,(H,24,28)(H,25,29). The molecule has 7 nitrogen and oxygen atoms in total. The molecule has 0 atom stereocenters. The van der Waals surface area contributed by atoms with Crippen molar-refractivity contribution in [3.63, 3.8) is 0 Å². The number of rotatable bonds is 7. The lowest BCUT2D eigenvalue weighted by Crippen LogP contribution is -2.13. The monoisotopic (exact) mass is 432 g/mol. The molecule has 156 valence electrons. The number of hydrogen-bond donors (Lipinski definition) is 2. The minimum absolute atomic E-state index is 0.202. The number of aryl methyl sites for hydroxylation is 1. The molecular formula is C23H20N4O3S. The van der Waals surface area contributed by atoms with E-state index in [1.165, 1.54) is 22.1 Å². The van der Waals surface area contributed by atoms with Crippen LogP contribution in [-0.4, -0.2) is 21.6 Å². The second kappa shape index (κ2) is 9.27. The van der Waals surface area contributed by atoms with Gasteiger partial charge in [0.15, 0.2) is 5.69 Å². The molecule has 0 spiro atoms. The Kier molecular flexibility index (Phi) is 6.09. The average molecular weight is 433 g/mol. The van der Waals surface area contributed by atoms with Crippen molar-refractivity contribution in [2.75, 3.05) is 10.6 Å². The summed E-state index contributed by atoms with van der Waals surface area (Å²) >= 11 is 1.34. The Morgan fingerprint density at radius 3 is 2.45 bits per heavy atom. The van der Waals surface area contributed by atoms with Crippen molar-refractivity contribution >= 4 is 34.7 Å². The molecule has 4 aromatic rings. The summed E-state index contributed by atoms with van der Waals surface area (Å²) in [4.78, 5) is 25.4. The fraction of sp³-hybridized carbons (Fsp3) is 0.0870. The fourth-order valence-corrected chi connectivity index (χ4v) is 3.47. The van der Waals surface area contributed by atoms with Gasteiger partial charge in [-0.15, -0.1) is 11.3 Å². The molecule has 0 unspecified atom stereocenters. The van der Waals surface area contributed by atoms with Crippen LogP contribution < -0.4 is 15.4 Å². The van der Waals surface area contributed by atoms with E-state index >= 15 is 0 Å². The van der Waals surface area contributed by atoms with Gasteiger partial charge in [0.05, 0.1) is 4.88 Å². The Morgan fingerprint density at radius 2 is 1.74 bits per heavy atom. The first kappa shape index (κ1) is 20.4. The number of benzene rings is 2. The van der Waals surface area contributed by atoms with Crippen LogP contribution in [0.5, 0.6) is 5.75 Å². The van der Waals surface area contributed by atoms with E-state index in [1.807, 2.05) is 35.7 Å². The van der Waals surface area contributed by atoms with E-state index in [4.69, 9.17) is 4.74 Å². The average Bonchev–Trinajstić information content (AvgIpc) is 3.45. The van der Waals surface area contributed by atoms with Gasteiger partial charge in [0.25, 0.3) is 11.8 Å². The molecule has 0 fully saturated rings. The van der Waals surface area contributed by atoms with Crippen LogP contribution >= 0.6 is 11.3 Å². The van der Waals surface area contributed by atoms with Gasteiger partial charge < -0.3 is 15.4 Å². The van der Waals surface area contributed by atoms with Crippen molar-refractivity contribution in [2.45, 2.75) is 6.61 Å². The molecule has 2 aromatic heterocycles. The third-order valence-corrected chi connectivity index (χ3v) is 5.33. The molecular weight excluding hydrogens is 412 g/mol. The first-order chi connectivity index (χ1) is 15.1. The summed E-state index contributed by atoms with van der Waals surface area (Å²) in [5.74, 6) is 0.535. The number of nitrogens with zero attached hydrogens (tertiary/aromatic N) is 2. The lowest BCUT2D eigenvalue weighted by atomic mass is 10.2. The largest absolute Gasteiger partial charge is 0.489 e. The summed E-state index contributed by atoms with van der Waals surface area (Å²) in [5.41, 5.74) is 1.90. The van der Waals surface area contributed by atoms with Crippen LogP contribution in [0.4, 0.5) is 11.5 Å². The molecule has 0 saturated carbocycles. The van der Waals surface area contributed by atoms with Gasteiger partial charge in [-0.05, 0) is 41.3 Å². The Bertz CT molecular complexity index is 1170. The summed E-state index contributed by atoms with van der Waals surface area (Å²) in [5, 5.41) is 11.6. The second-order valence-electron chi connectivity index (χ2n) is 6.72. The van der Waals surface area contributed by atoms with Crippen molar-refractivity contribution in [3.05, 3.63) is 94.3 Å². The molecule has 2 amide bonds. The molecule has 0 aliphatic carbocycles. The Labute approximate surface area is 183 Å². The van der Waals surface area contributed by atoms with E-state index in [0.717, 1.165) is 5.56 Å². The number of thiophene rings is 1. The van der Waals surface area contributed by atoms with E-state index in [2.05, 4.69) is 15.7 Å². The van der Waals surface area contributed by atoms with E-state index < -0.39 is 0 Å². The number of carbonyl (C=O) groups excluding carboxylic acids is 2. The number of anilines is 2. The van der Waals surface area contributed by atoms with Crippen LogP contribution in [-0.2, 0) is 13.7 Å². The van der Waals surface area contributed by atoms with Crippen LogP contribution in [0.2, 0.25) is 0 Å². The number of carbonyl (C=O) groups is 2. The summed E-state index contributed by atoms with van der Waals surface area (Å²) in [6, 6.07) is 22.1. The van der Waals surface area contributed by atoms with Crippen LogP contribution in [0.15, 0.2) is 78.2 Å². The van der Waals surface area contributed by atoms with Gasteiger partial charge in [0, 0.05) is 18.8 Å². The second-order valence-corrected chi connectivity index (χ2v) is 7.67. The van der Waals surface area contributed by atoms with Crippen molar-refractivity contribution < 1.29 is 14.3 Å². The number of hydrogen-bond acceptors (Lipinski definition) is 5. The van der Waals surface area contributed by atoms with Crippen LogP contribution in [0.25, 0.3) is 0 Å². The fourth-order valence-electron chi connectivity index (χ4n) is 2.85. The lowest BCUT2D eigenvalue weighted by molar-refractivity contribution is 0.101. The minimum atomic E-state index is -0.370. The zero-order valence-corrected chi connectivity index (χ0v) is 17.6. The van der Waals surface area contributed by atoms with Gasteiger partial charge >= 0.3 is 0 Å². The Morgan fingerprint density at radius 1 is 0.968 bits per heavy atom. The van der Waals surface area contributed by atoms with Gasteiger partial charge in [-0.3, -0.25) is 14.3 Å². The lowest BCUT2D eigenvalue weighted by Gasteiger charge is -2.08. The van der Waals surface area contributed by atoms with Crippen molar-refractivity contribution in [1.29, 1.82) is 0 Å². The van der Waals surface area contributed by atoms with Gasteiger partial charge in [0.1, 0.15) is 18.2 Å². The Hall–Kier alpha value is -3.91. The number of ether oxygens (including phenoxy) is 1. The zero-order valence-electron chi connectivity index (χ0n) is 16.7. The summed E-state index contributed by atoms with van der Waals surface area (Å²) in [7, 11) is 1.67. The molecule has 0 saturated heterocycles. The third kappa shape index (κ3) is 5.18. The van der Waals surface area contributed by atoms with Crippen molar-refractivity contribution in [2.24, 2.45) is 7.05 Å². The molecule has 8 heteroatoms. The summed E-state index contributed by atoms with van der Waals surface area (Å²) in [6.07, 6.45) is 0. The van der Waals surface area contributed by atoms with Crippen LogP contribution in [0.1, 0.15) is 25.7 Å². The molecule has 0 radical (unpaired) electrons. The normalized spacial score (nSPS) is 10.5.